The van der Waals surface area contributed by atoms with Crippen molar-refractivity contribution in [2.75, 3.05) is 0 Å². The van der Waals surface area contributed by atoms with Gasteiger partial charge in [0, 0.05) is 18.7 Å². The summed E-state index contributed by atoms with van der Waals surface area (Å²) < 4.78 is 0. The van der Waals surface area contributed by atoms with Gasteiger partial charge in [-0.25, -0.2) is 0 Å². The van der Waals surface area contributed by atoms with Crippen LogP contribution in [-0.4, -0.2) is 17.4 Å². The van der Waals surface area contributed by atoms with Crippen LogP contribution in [0.15, 0.2) is 4.99 Å². The monoisotopic (exact) mass is 144 g/mol. The fourth-order valence-corrected chi connectivity index (χ4v) is 0.575. The summed E-state index contributed by atoms with van der Waals surface area (Å²) in [4.78, 5) is 4.13. The predicted octanol–water partition coefficient (Wildman–Crippen LogP) is 1.83. The van der Waals surface area contributed by atoms with Crippen molar-refractivity contribution in [1.29, 1.82) is 5.41 Å². The molecule has 1 N–H and O–H groups in total. The van der Waals surface area contributed by atoms with Crippen LogP contribution in [0.25, 0.3) is 0 Å². The number of nitrogens with one attached hydrogen (secondary N) is 1. The van der Waals surface area contributed by atoms with Crippen LogP contribution in [0.1, 0.15) is 19.3 Å². The lowest BCUT2D eigenvalue weighted by molar-refractivity contribution is 1.07. The first-order valence-corrected chi connectivity index (χ1v) is 3.41. The molecular weight excluding hydrogens is 136 g/mol. The summed E-state index contributed by atoms with van der Waals surface area (Å²) in [7, 11) is 0. The Hall–Kier alpha value is -0.370. The van der Waals surface area contributed by atoms with Crippen molar-refractivity contribution in [3.8, 4) is 0 Å². The summed E-state index contributed by atoms with van der Waals surface area (Å²) in [6.07, 6.45) is 4.66. The Bertz CT molecular complexity index is 138. The number of nitrogens with zero attached hydrogens (tertiary/aromatic N) is 1. The molecule has 0 amide bonds. The second-order valence-electron chi connectivity index (χ2n) is 2.17. The number of hydrogen-bond acceptors (Lipinski definition) is 2. The molecule has 0 aromatic heterocycles. The van der Waals surface area contributed by atoms with E-state index in [4.69, 9.17) is 17.0 Å². The van der Waals surface area contributed by atoms with E-state index in [9.17, 15) is 0 Å². The van der Waals surface area contributed by atoms with Crippen LogP contribution in [0.5, 0.6) is 0 Å². The maximum atomic E-state index is 6.83. The molecule has 1 rings (SSSR count). The topological polar surface area (TPSA) is 36.2 Å². The van der Waals surface area contributed by atoms with Crippen LogP contribution < -0.4 is 0 Å². The molecule has 0 heterocycles. The first kappa shape index (κ1) is 6.75. The first-order valence-electron chi connectivity index (χ1n) is 3.03. The van der Waals surface area contributed by atoms with Gasteiger partial charge in [0.05, 0.1) is 0 Å². The van der Waals surface area contributed by atoms with Gasteiger partial charge >= 0.3 is 0 Å². The minimum absolute atomic E-state index is 0.166. The third-order valence-corrected chi connectivity index (χ3v) is 1.29. The van der Waals surface area contributed by atoms with Crippen LogP contribution in [0.4, 0.5) is 0 Å². The molecule has 0 aromatic rings. The number of hydrogen-bond donors (Lipinski definition) is 1. The van der Waals surface area contributed by atoms with Crippen LogP contribution in [0.3, 0.4) is 0 Å². The summed E-state index contributed by atoms with van der Waals surface area (Å²) >= 11 is 5.27. The van der Waals surface area contributed by atoms with Gasteiger partial charge in [-0.3, -0.25) is 10.4 Å². The number of aliphatic imine (C=N–C) groups is 1. The summed E-state index contributed by atoms with van der Waals surface area (Å²) in [5.41, 5.74) is 0. The molecule has 0 spiro atoms. The van der Waals surface area contributed by atoms with E-state index in [1.165, 1.54) is 12.8 Å². The highest BCUT2D eigenvalue weighted by atomic mass is 35.5. The molecule has 0 saturated heterocycles. The maximum absolute atomic E-state index is 6.83. The zero-order chi connectivity index (χ0) is 6.69. The lowest BCUT2D eigenvalue weighted by Gasteiger charge is -1.83. The van der Waals surface area contributed by atoms with Crippen molar-refractivity contribution in [1.82, 2.24) is 0 Å². The molecule has 0 aliphatic heterocycles. The Kier molecular flexibility index (Phi) is 2.22. The smallest absolute Gasteiger partial charge is 0.102 e. The summed E-state index contributed by atoms with van der Waals surface area (Å²) in [6, 6.07) is 0.556. The minimum Gasteiger partial charge on any atom is -0.294 e. The second kappa shape index (κ2) is 2.97. The molecule has 0 radical (unpaired) electrons. The number of halogens is 1. The van der Waals surface area contributed by atoms with Gasteiger partial charge in [-0.2, -0.15) is 0 Å². The Labute approximate surface area is 59.4 Å². The molecular formula is C6H9ClN2. The quantitative estimate of drug-likeness (QED) is 0.587. The highest BCUT2D eigenvalue weighted by Crippen LogP contribution is 2.22. The lowest BCUT2D eigenvalue weighted by Crippen LogP contribution is -1.85. The molecule has 50 valence electrons. The van der Waals surface area contributed by atoms with Crippen molar-refractivity contribution < 1.29 is 0 Å². The van der Waals surface area contributed by atoms with E-state index < -0.39 is 0 Å². The van der Waals surface area contributed by atoms with E-state index in [1.54, 1.807) is 6.21 Å². The fourth-order valence-electron chi connectivity index (χ4n) is 0.506. The molecule has 1 fully saturated rings. The van der Waals surface area contributed by atoms with E-state index in [0.29, 0.717) is 12.5 Å². The highest BCUT2D eigenvalue weighted by Gasteiger charge is 2.18. The normalized spacial score (nSPS) is 18.8. The maximum Gasteiger partial charge on any atom is 0.102 e. The summed E-state index contributed by atoms with van der Waals surface area (Å²) in [5, 5.41) is 7.00. The summed E-state index contributed by atoms with van der Waals surface area (Å²) in [5.74, 6) is 0. The standard InChI is InChI=1S/C6H9ClN2/c7-6(8)3-4-9-5-1-2-5/h4-5,8H,1-3H2. The molecule has 0 unspecified atom stereocenters. The molecule has 0 atom stereocenters. The zero-order valence-corrected chi connectivity index (χ0v) is 5.86. The molecule has 1 aliphatic carbocycles. The molecule has 2 nitrogen and oxygen atoms in total. The second-order valence-corrected chi connectivity index (χ2v) is 2.63. The van der Waals surface area contributed by atoms with Gasteiger partial charge in [0.15, 0.2) is 0 Å². The van der Waals surface area contributed by atoms with Crippen molar-refractivity contribution >= 4 is 23.0 Å². The Morgan fingerprint density at radius 2 is 2.44 bits per heavy atom. The fraction of sp³-hybridized carbons (Fsp3) is 0.667. The van der Waals surface area contributed by atoms with E-state index >= 15 is 0 Å². The van der Waals surface area contributed by atoms with Gasteiger partial charge in [0.2, 0.25) is 0 Å². The van der Waals surface area contributed by atoms with E-state index in [1.807, 2.05) is 0 Å². The van der Waals surface area contributed by atoms with E-state index in [2.05, 4.69) is 4.99 Å². The molecule has 9 heavy (non-hydrogen) atoms. The van der Waals surface area contributed by atoms with Gasteiger partial charge in [0.1, 0.15) is 5.17 Å². The van der Waals surface area contributed by atoms with Crippen molar-refractivity contribution in [3.05, 3.63) is 0 Å². The van der Waals surface area contributed by atoms with Crippen molar-refractivity contribution in [2.45, 2.75) is 25.3 Å². The largest absolute Gasteiger partial charge is 0.294 e. The van der Waals surface area contributed by atoms with Gasteiger partial charge in [-0.05, 0) is 12.8 Å². The average Bonchev–Trinajstić information content (AvgIpc) is 2.48. The molecule has 3 heteroatoms. The Balaban J connectivity index is 2.08. The Morgan fingerprint density at radius 3 is 2.89 bits per heavy atom. The van der Waals surface area contributed by atoms with E-state index in [-0.39, 0.29) is 5.17 Å². The molecule has 0 aromatic carbocycles. The van der Waals surface area contributed by atoms with Crippen LogP contribution in [-0.2, 0) is 0 Å². The summed E-state index contributed by atoms with van der Waals surface area (Å²) in [6.45, 7) is 0. The number of rotatable bonds is 3. The average molecular weight is 145 g/mol. The van der Waals surface area contributed by atoms with Crippen LogP contribution in [0, 0.1) is 5.41 Å². The third kappa shape index (κ3) is 3.25. The van der Waals surface area contributed by atoms with Gasteiger partial charge < -0.3 is 0 Å². The van der Waals surface area contributed by atoms with E-state index in [0.717, 1.165) is 0 Å². The van der Waals surface area contributed by atoms with Crippen LogP contribution >= 0.6 is 11.6 Å². The van der Waals surface area contributed by atoms with Gasteiger partial charge in [-0.15, -0.1) is 0 Å². The van der Waals surface area contributed by atoms with Gasteiger partial charge in [-0.1, -0.05) is 11.6 Å². The van der Waals surface area contributed by atoms with Crippen molar-refractivity contribution in [3.63, 3.8) is 0 Å². The lowest BCUT2D eigenvalue weighted by atomic mass is 10.5. The molecule has 1 saturated carbocycles. The highest BCUT2D eigenvalue weighted by molar-refractivity contribution is 6.65. The third-order valence-electron chi connectivity index (χ3n) is 1.13. The first-order chi connectivity index (χ1) is 4.29. The van der Waals surface area contributed by atoms with Crippen LogP contribution in [0.2, 0.25) is 0 Å². The van der Waals surface area contributed by atoms with Gasteiger partial charge in [0.25, 0.3) is 0 Å². The Morgan fingerprint density at radius 1 is 1.78 bits per heavy atom. The molecule has 0 bridgehead atoms. The predicted molar refractivity (Wildman–Crippen MR) is 39.7 cm³/mol. The molecule has 1 aliphatic rings. The SMILES string of the molecule is N=C(Cl)CC=NC1CC1. The minimum atomic E-state index is 0.166. The van der Waals surface area contributed by atoms with Crippen molar-refractivity contribution in [2.24, 2.45) is 4.99 Å². The zero-order valence-electron chi connectivity index (χ0n) is 5.10.